The van der Waals surface area contributed by atoms with Crippen LogP contribution < -0.4 is 16.6 Å². The normalized spacial score (nSPS) is 11.8. The summed E-state index contributed by atoms with van der Waals surface area (Å²) in [4.78, 5) is 10.0. The molecule has 11 heavy (non-hydrogen) atoms. The van der Waals surface area contributed by atoms with Crippen LogP contribution in [0.2, 0.25) is 0 Å². The molecule has 4 nitrogen and oxygen atoms in total. The predicted octanol–water partition coefficient (Wildman–Crippen LogP) is -1.81. The van der Waals surface area contributed by atoms with Crippen LogP contribution in [0.1, 0.15) is 19.3 Å². The first-order valence-electron chi connectivity index (χ1n) is 3.35. The van der Waals surface area contributed by atoms with Gasteiger partial charge in [-0.3, -0.25) is 0 Å². The molecule has 0 radical (unpaired) electrons. The number of hydrogen-bond acceptors (Lipinski definition) is 4. The fraction of sp³-hybridized carbons (Fsp3) is 0.833. The zero-order chi connectivity index (χ0) is 7.98. The molecule has 70 valence electrons. The van der Waals surface area contributed by atoms with Gasteiger partial charge in [0.1, 0.15) is 0 Å². The quantitative estimate of drug-likeness (QED) is 0.412. The van der Waals surface area contributed by atoms with Gasteiger partial charge < -0.3 is 21.4 Å². The molecular weight excluding hydrogens is 196 g/mol. The van der Waals surface area contributed by atoms with E-state index in [2.05, 4.69) is 0 Å². The fourth-order valence-electron chi connectivity index (χ4n) is 0.626. The van der Waals surface area contributed by atoms with Gasteiger partial charge in [0, 0.05) is 6.04 Å². The van der Waals surface area contributed by atoms with E-state index >= 15 is 0 Å². The Morgan fingerprint density at radius 1 is 1.45 bits per heavy atom. The number of hydrogen-bond donors (Lipinski definition) is 2. The second-order valence-corrected chi connectivity index (χ2v) is 2.21. The largest absolute Gasteiger partial charge is 1.00 e. The number of nitrogens with two attached hydrogens (primary N) is 2. The van der Waals surface area contributed by atoms with Crippen LogP contribution in [-0.2, 0) is 21.9 Å². The molecule has 4 N–H and O–H groups in total. The van der Waals surface area contributed by atoms with E-state index in [1.807, 2.05) is 0 Å². The molecule has 0 aliphatic heterocycles. The Morgan fingerprint density at radius 3 is 2.36 bits per heavy atom. The van der Waals surface area contributed by atoms with Crippen LogP contribution in [0.15, 0.2) is 0 Å². The number of unbranched alkanes of at least 4 members (excludes halogenated alkanes) is 1. The van der Waals surface area contributed by atoms with Gasteiger partial charge in [0.25, 0.3) is 0 Å². The summed E-state index contributed by atoms with van der Waals surface area (Å²) >= 11 is 0. The molecule has 0 bridgehead atoms. The van der Waals surface area contributed by atoms with Crippen LogP contribution in [-0.4, -0.2) is 18.6 Å². The van der Waals surface area contributed by atoms with Gasteiger partial charge in [-0.1, -0.05) is 6.42 Å². The molecule has 0 aliphatic carbocycles. The van der Waals surface area contributed by atoms with Crippen molar-refractivity contribution in [1.82, 2.24) is 0 Å². The first kappa shape index (κ1) is 13.5. The fourth-order valence-corrected chi connectivity index (χ4v) is 0.626. The summed E-state index contributed by atoms with van der Waals surface area (Å²) in [6.45, 7) is 0.583. The van der Waals surface area contributed by atoms with Gasteiger partial charge in [0.2, 0.25) is 0 Å². The number of carbonyl (C=O) groups is 1. The molecule has 0 aromatic carbocycles. The minimum Gasteiger partial charge on any atom is -0.548 e. The van der Waals surface area contributed by atoms with E-state index in [-0.39, 0.29) is 17.1 Å². The van der Waals surface area contributed by atoms with Gasteiger partial charge in [-0.2, -0.15) is 0 Å². The van der Waals surface area contributed by atoms with Crippen molar-refractivity contribution in [2.45, 2.75) is 25.3 Å². The molecule has 0 spiro atoms. The maximum absolute atomic E-state index is 10.0. The van der Waals surface area contributed by atoms with Crippen molar-refractivity contribution >= 4 is 5.97 Å². The van der Waals surface area contributed by atoms with E-state index in [1.165, 1.54) is 0 Å². The summed E-state index contributed by atoms with van der Waals surface area (Å²) in [5.41, 5.74) is 10.3. The summed E-state index contributed by atoms with van der Waals surface area (Å²) in [6, 6.07) is -0.827. The van der Waals surface area contributed by atoms with E-state index < -0.39 is 12.0 Å². The average Bonchev–Trinajstić information content (AvgIpc) is 1.88. The maximum atomic E-state index is 10.0. The van der Waals surface area contributed by atoms with E-state index in [0.717, 1.165) is 12.8 Å². The molecule has 0 heterocycles. The average molecular weight is 209 g/mol. The monoisotopic (exact) mass is 208 g/mol. The molecule has 0 amide bonds. The van der Waals surface area contributed by atoms with Gasteiger partial charge in [-0.05, 0) is 19.4 Å². The number of carbonyl (C=O) groups excluding carboxylic acids is 1. The smallest absolute Gasteiger partial charge is 0.548 e. The number of aliphatic carboxylic acids is 1. The first-order valence-corrected chi connectivity index (χ1v) is 3.35. The Morgan fingerprint density at radius 2 is 2.00 bits per heavy atom. The Hall–Kier alpha value is -0.0905. The van der Waals surface area contributed by atoms with Crippen molar-refractivity contribution in [2.24, 2.45) is 11.5 Å². The summed E-state index contributed by atoms with van der Waals surface area (Å²) in [6.07, 6.45) is 2.03. The molecule has 0 fully saturated rings. The maximum Gasteiger partial charge on any atom is 1.00 e. The predicted molar refractivity (Wildman–Crippen MR) is 35.9 cm³/mol. The SMILES string of the molecule is NCCCCC(N)C(=O)[O-].[Cu+]. The van der Waals surface area contributed by atoms with Crippen LogP contribution in [0.4, 0.5) is 0 Å². The minimum atomic E-state index is -1.18. The van der Waals surface area contributed by atoms with E-state index in [1.54, 1.807) is 0 Å². The van der Waals surface area contributed by atoms with Crippen molar-refractivity contribution in [3.8, 4) is 0 Å². The van der Waals surface area contributed by atoms with Crippen LogP contribution in [0.5, 0.6) is 0 Å². The van der Waals surface area contributed by atoms with Crippen molar-refractivity contribution in [3.05, 3.63) is 0 Å². The second kappa shape index (κ2) is 8.01. The molecule has 0 aromatic rings. The molecule has 1 unspecified atom stereocenters. The number of carboxylic acid groups (broad SMARTS) is 1. The Labute approximate surface area is 76.8 Å². The topological polar surface area (TPSA) is 92.2 Å². The molecular formula is C6H13CuN2O2. The second-order valence-electron chi connectivity index (χ2n) is 2.21. The number of carboxylic acids is 1. The minimum absolute atomic E-state index is 0. The van der Waals surface area contributed by atoms with Gasteiger partial charge in [0.05, 0.1) is 5.97 Å². The molecule has 0 aromatic heterocycles. The molecule has 0 aliphatic rings. The summed E-state index contributed by atoms with van der Waals surface area (Å²) < 4.78 is 0. The third kappa shape index (κ3) is 7.81. The van der Waals surface area contributed by atoms with Crippen LogP contribution >= 0.6 is 0 Å². The van der Waals surface area contributed by atoms with Crippen molar-refractivity contribution in [2.75, 3.05) is 6.54 Å². The molecule has 0 saturated carbocycles. The Balaban J connectivity index is 0. The van der Waals surface area contributed by atoms with E-state index in [0.29, 0.717) is 13.0 Å². The van der Waals surface area contributed by atoms with Gasteiger partial charge in [0.15, 0.2) is 0 Å². The van der Waals surface area contributed by atoms with Crippen molar-refractivity contribution in [3.63, 3.8) is 0 Å². The third-order valence-electron chi connectivity index (χ3n) is 1.27. The van der Waals surface area contributed by atoms with Crippen LogP contribution in [0, 0.1) is 0 Å². The molecule has 5 heteroatoms. The van der Waals surface area contributed by atoms with Crippen molar-refractivity contribution < 1.29 is 27.0 Å². The van der Waals surface area contributed by atoms with Gasteiger partial charge >= 0.3 is 17.1 Å². The summed E-state index contributed by atoms with van der Waals surface area (Å²) in [5.74, 6) is -1.18. The third-order valence-corrected chi connectivity index (χ3v) is 1.27. The summed E-state index contributed by atoms with van der Waals surface area (Å²) in [7, 11) is 0. The van der Waals surface area contributed by atoms with E-state index in [9.17, 15) is 9.90 Å². The zero-order valence-corrected chi connectivity index (χ0v) is 7.12. The standard InChI is InChI=1S/C6H14N2O2.Cu/c7-4-2-1-3-5(8)6(9)10;/h5H,1-4,7-8H2,(H,9,10);/q;+1/p-1. The summed E-state index contributed by atoms with van der Waals surface area (Å²) in [5, 5.41) is 10.0. The molecule has 0 saturated heterocycles. The van der Waals surface area contributed by atoms with Crippen LogP contribution in [0.3, 0.4) is 0 Å². The molecule has 1 atom stereocenters. The van der Waals surface area contributed by atoms with Gasteiger partial charge in [-0.25, -0.2) is 0 Å². The van der Waals surface area contributed by atoms with Gasteiger partial charge in [-0.15, -0.1) is 0 Å². The van der Waals surface area contributed by atoms with Crippen molar-refractivity contribution in [1.29, 1.82) is 0 Å². The Bertz CT molecular complexity index is 111. The Kier molecular flexibility index (Phi) is 9.83. The number of rotatable bonds is 5. The van der Waals surface area contributed by atoms with E-state index in [4.69, 9.17) is 11.5 Å². The van der Waals surface area contributed by atoms with Crippen LogP contribution in [0.25, 0.3) is 0 Å². The first-order chi connectivity index (χ1) is 4.68. The zero-order valence-electron chi connectivity index (χ0n) is 6.18. The molecule has 0 rings (SSSR count).